The molecule has 5 heteroatoms. The van der Waals surface area contributed by atoms with Crippen molar-refractivity contribution in [1.29, 1.82) is 0 Å². The minimum atomic E-state index is -0.383. The van der Waals surface area contributed by atoms with E-state index in [0.717, 1.165) is 27.8 Å². The second-order valence-corrected chi connectivity index (χ2v) is 8.37. The molecular formula is C28H24N2O3. The smallest absolute Gasteiger partial charge is 0.229 e. The summed E-state index contributed by atoms with van der Waals surface area (Å²) in [5.41, 5.74) is 2.59. The van der Waals surface area contributed by atoms with Gasteiger partial charge in [0.15, 0.2) is 0 Å². The van der Waals surface area contributed by atoms with Crippen LogP contribution < -0.4 is 15.0 Å². The fourth-order valence-electron chi connectivity index (χ4n) is 4.15. The number of hydrogen-bond acceptors (Lipinski definition) is 3. The number of amides is 2. The van der Waals surface area contributed by atoms with E-state index in [2.05, 4.69) is 17.4 Å². The van der Waals surface area contributed by atoms with Crippen LogP contribution in [-0.4, -0.2) is 18.4 Å². The van der Waals surface area contributed by atoms with Gasteiger partial charge in [-0.05, 0) is 71.8 Å². The molecule has 0 aliphatic carbocycles. The van der Waals surface area contributed by atoms with E-state index in [0.29, 0.717) is 18.0 Å². The molecule has 2 amide bonds. The number of fused-ring (bicyclic) bond motifs is 1. The Morgan fingerprint density at radius 3 is 2.42 bits per heavy atom. The summed E-state index contributed by atoms with van der Waals surface area (Å²) in [6, 6.07) is 29.1. The van der Waals surface area contributed by atoms with Crippen LogP contribution in [0.25, 0.3) is 10.8 Å². The first-order valence-corrected chi connectivity index (χ1v) is 11.0. The average molecular weight is 437 g/mol. The Hall–Kier alpha value is -4.12. The molecule has 164 valence electrons. The van der Waals surface area contributed by atoms with Gasteiger partial charge in [0.25, 0.3) is 0 Å². The maximum atomic E-state index is 12.8. The van der Waals surface area contributed by atoms with Gasteiger partial charge in [-0.1, -0.05) is 42.5 Å². The van der Waals surface area contributed by atoms with Crippen LogP contribution in [0.3, 0.4) is 0 Å². The lowest BCUT2D eigenvalue weighted by atomic mass is 10.1. The van der Waals surface area contributed by atoms with Gasteiger partial charge in [-0.2, -0.15) is 0 Å². The number of carbonyl (C=O) groups is 2. The first kappa shape index (κ1) is 20.8. The molecule has 0 aromatic heterocycles. The van der Waals surface area contributed by atoms with Crippen LogP contribution in [0.4, 0.5) is 11.4 Å². The van der Waals surface area contributed by atoms with Crippen LogP contribution in [0.1, 0.15) is 12.0 Å². The summed E-state index contributed by atoms with van der Waals surface area (Å²) in [7, 11) is 0. The summed E-state index contributed by atoms with van der Waals surface area (Å²) < 4.78 is 5.97. The number of nitrogens with one attached hydrogen (secondary N) is 1. The second kappa shape index (κ2) is 8.79. The van der Waals surface area contributed by atoms with Crippen molar-refractivity contribution < 1.29 is 14.3 Å². The van der Waals surface area contributed by atoms with Gasteiger partial charge < -0.3 is 15.0 Å². The maximum Gasteiger partial charge on any atom is 0.229 e. The molecular weight excluding hydrogens is 412 g/mol. The van der Waals surface area contributed by atoms with E-state index in [1.807, 2.05) is 85.8 Å². The zero-order valence-corrected chi connectivity index (χ0v) is 18.3. The number of benzene rings is 4. The number of carbonyl (C=O) groups excluding carboxylic acids is 2. The monoisotopic (exact) mass is 436 g/mol. The number of rotatable bonds is 5. The van der Waals surface area contributed by atoms with Crippen molar-refractivity contribution in [1.82, 2.24) is 0 Å². The predicted octanol–water partition coefficient (Wildman–Crippen LogP) is 5.93. The molecule has 5 nitrogen and oxygen atoms in total. The molecule has 0 bridgehead atoms. The van der Waals surface area contributed by atoms with Crippen molar-refractivity contribution in [2.45, 2.75) is 13.3 Å². The third kappa shape index (κ3) is 4.58. The Balaban J connectivity index is 1.22. The molecule has 4 aromatic carbocycles. The summed E-state index contributed by atoms with van der Waals surface area (Å²) >= 11 is 0. The van der Waals surface area contributed by atoms with E-state index in [-0.39, 0.29) is 24.2 Å². The zero-order valence-electron chi connectivity index (χ0n) is 18.3. The molecule has 1 aliphatic heterocycles. The van der Waals surface area contributed by atoms with Crippen molar-refractivity contribution in [3.8, 4) is 11.5 Å². The molecule has 0 radical (unpaired) electrons. The highest BCUT2D eigenvalue weighted by Crippen LogP contribution is 2.29. The third-order valence-electron chi connectivity index (χ3n) is 5.89. The highest BCUT2D eigenvalue weighted by Gasteiger charge is 2.35. The van der Waals surface area contributed by atoms with Gasteiger partial charge in [-0.3, -0.25) is 9.59 Å². The van der Waals surface area contributed by atoms with Gasteiger partial charge in [-0.15, -0.1) is 0 Å². The largest absolute Gasteiger partial charge is 0.457 e. The van der Waals surface area contributed by atoms with Gasteiger partial charge in [0.05, 0.1) is 5.92 Å². The molecule has 0 saturated carbocycles. The summed E-state index contributed by atoms with van der Waals surface area (Å²) in [5, 5.41) is 5.21. The van der Waals surface area contributed by atoms with Crippen LogP contribution in [0.5, 0.6) is 11.5 Å². The topological polar surface area (TPSA) is 58.6 Å². The summed E-state index contributed by atoms with van der Waals surface area (Å²) in [6.45, 7) is 2.37. The van der Waals surface area contributed by atoms with E-state index in [4.69, 9.17) is 4.74 Å². The first-order valence-electron chi connectivity index (χ1n) is 11.0. The Bertz CT molecular complexity index is 1330. The van der Waals surface area contributed by atoms with E-state index < -0.39 is 0 Å². The molecule has 1 heterocycles. The van der Waals surface area contributed by atoms with Crippen LogP contribution in [0.15, 0.2) is 91.0 Å². The lowest BCUT2D eigenvalue weighted by Crippen LogP contribution is -2.28. The number of hydrogen-bond donors (Lipinski definition) is 1. The molecule has 1 N–H and O–H groups in total. The van der Waals surface area contributed by atoms with Crippen LogP contribution >= 0.6 is 0 Å². The highest BCUT2D eigenvalue weighted by molar-refractivity contribution is 6.03. The van der Waals surface area contributed by atoms with Crippen LogP contribution in [0.2, 0.25) is 0 Å². The molecule has 0 spiro atoms. The quantitative estimate of drug-likeness (QED) is 0.422. The number of ether oxygens (including phenoxy) is 1. The Morgan fingerprint density at radius 2 is 1.64 bits per heavy atom. The lowest BCUT2D eigenvalue weighted by molar-refractivity contribution is -0.122. The minimum absolute atomic E-state index is 0.0279. The van der Waals surface area contributed by atoms with Gasteiger partial charge in [0.1, 0.15) is 11.5 Å². The normalized spacial score (nSPS) is 15.6. The van der Waals surface area contributed by atoms with Crippen molar-refractivity contribution in [3.63, 3.8) is 0 Å². The first-order chi connectivity index (χ1) is 16.0. The zero-order chi connectivity index (χ0) is 22.8. The molecule has 33 heavy (non-hydrogen) atoms. The van der Waals surface area contributed by atoms with Crippen molar-refractivity contribution >= 4 is 34.0 Å². The van der Waals surface area contributed by atoms with Crippen molar-refractivity contribution in [2.75, 3.05) is 16.8 Å². The van der Waals surface area contributed by atoms with E-state index in [1.165, 1.54) is 0 Å². The summed E-state index contributed by atoms with van der Waals surface area (Å²) in [4.78, 5) is 27.0. The number of nitrogens with zero attached hydrogens (tertiary/aromatic N) is 1. The van der Waals surface area contributed by atoms with Gasteiger partial charge >= 0.3 is 0 Å². The number of aryl methyl sites for hydroxylation is 1. The Labute approximate surface area is 192 Å². The van der Waals surface area contributed by atoms with Crippen LogP contribution in [-0.2, 0) is 9.59 Å². The van der Waals surface area contributed by atoms with Gasteiger partial charge in [0, 0.05) is 24.3 Å². The van der Waals surface area contributed by atoms with Gasteiger partial charge in [-0.25, -0.2) is 0 Å². The summed E-state index contributed by atoms with van der Waals surface area (Å²) in [6.07, 6.45) is 0.211. The molecule has 1 saturated heterocycles. The summed E-state index contributed by atoms with van der Waals surface area (Å²) in [5.74, 6) is 0.879. The minimum Gasteiger partial charge on any atom is -0.457 e. The lowest BCUT2D eigenvalue weighted by Gasteiger charge is -2.17. The Morgan fingerprint density at radius 1 is 0.879 bits per heavy atom. The molecule has 1 aliphatic rings. The van der Waals surface area contributed by atoms with Gasteiger partial charge in [0.2, 0.25) is 11.8 Å². The fourth-order valence-corrected chi connectivity index (χ4v) is 4.15. The van der Waals surface area contributed by atoms with Crippen molar-refractivity contribution in [2.24, 2.45) is 5.92 Å². The molecule has 0 unspecified atom stereocenters. The van der Waals surface area contributed by atoms with E-state index in [9.17, 15) is 9.59 Å². The van der Waals surface area contributed by atoms with Crippen LogP contribution in [0, 0.1) is 12.8 Å². The third-order valence-corrected chi connectivity index (χ3v) is 5.89. The molecule has 4 aromatic rings. The molecule has 1 atom stereocenters. The van der Waals surface area contributed by atoms with E-state index in [1.54, 1.807) is 4.90 Å². The maximum absolute atomic E-state index is 12.8. The second-order valence-electron chi connectivity index (χ2n) is 8.37. The fraction of sp³-hybridized carbons (Fsp3) is 0.143. The Kier molecular flexibility index (Phi) is 5.53. The average Bonchev–Trinajstić information content (AvgIpc) is 3.22. The molecule has 5 rings (SSSR count). The SMILES string of the molecule is Cc1cccc(N2C[C@H](C(=O)Nc3ccc(Oc4ccc5ccccc5c4)cc3)CC2=O)c1. The highest BCUT2D eigenvalue weighted by atomic mass is 16.5. The van der Waals surface area contributed by atoms with E-state index >= 15 is 0 Å². The van der Waals surface area contributed by atoms with Crippen molar-refractivity contribution in [3.05, 3.63) is 96.6 Å². The predicted molar refractivity (Wildman–Crippen MR) is 131 cm³/mol. The molecule has 1 fully saturated rings. The number of anilines is 2. The standard InChI is InChI=1S/C28H24N2O3/c1-19-5-4-8-24(15-19)30-18-22(17-27(30)31)28(32)29-23-10-13-25(14-11-23)33-26-12-9-20-6-2-3-7-21(20)16-26/h2-16,22H,17-18H2,1H3,(H,29,32)/t22-/m1/s1.